The summed E-state index contributed by atoms with van der Waals surface area (Å²) in [5.41, 5.74) is 7.31. The molecule has 0 aromatic heterocycles. The minimum absolute atomic E-state index is 0.303. The molecule has 0 spiro atoms. The quantitative estimate of drug-likeness (QED) is 0.929. The van der Waals surface area contributed by atoms with Crippen molar-refractivity contribution in [1.82, 2.24) is 9.80 Å². The van der Waals surface area contributed by atoms with Gasteiger partial charge in [-0.25, -0.2) is 0 Å². The Hall–Kier alpha value is -0.610. The third-order valence-electron chi connectivity index (χ3n) is 4.77. The maximum atomic E-state index is 6.13. The van der Waals surface area contributed by atoms with E-state index in [-0.39, 0.29) is 0 Å². The van der Waals surface area contributed by atoms with E-state index in [4.69, 9.17) is 17.3 Å². The average molecular weight is 294 g/mol. The fraction of sp³-hybridized carbons (Fsp3) is 0.625. The molecule has 0 bridgehead atoms. The van der Waals surface area contributed by atoms with Crippen molar-refractivity contribution in [3.05, 3.63) is 34.9 Å². The Bertz CT molecular complexity index is 451. The molecule has 0 saturated carbocycles. The summed E-state index contributed by atoms with van der Waals surface area (Å²) in [6.45, 7) is 5.39. The van der Waals surface area contributed by atoms with E-state index in [1.54, 1.807) is 0 Å². The van der Waals surface area contributed by atoms with Crippen LogP contribution in [0.25, 0.3) is 0 Å². The van der Waals surface area contributed by atoms with Crippen molar-refractivity contribution in [2.24, 2.45) is 5.73 Å². The number of piperidine rings is 1. The van der Waals surface area contributed by atoms with Crippen LogP contribution in [0.5, 0.6) is 0 Å². The molecule has 0 aliphatic carbocycles. The van der Waals surface area contributed by atoms with E-state index < -0.39 is 0 Å². The molecule has 2 N–H and O–H groups in total. The zero-order valence-electron chi connectivity index (χ0n) is 12.0. The minimum atomic E-state index is 0.303. The lowest BCUT2D eigenvalue weighted by Gasteiger charge is -2.46. The first-order chi connectivity index (χ1) is 9.78. The molecule has 3 rings (SSSR count). The van der Waals surface area contributed by atoms with Crippen molar-refractivity contribution in [1.29, 1.82) is 0 Å². The summed E-state index contributed by atoms with van der Waals surface area (Å²) in [5.74, 6) is 0. The van der Waals surface area contributed by atoms with E-state index in [2.05, 4.69) is 21.9 Å². The molecule has 2 unspecified atom stereocenters. The lowest BCUT2D eigenvalue weighted by Crippen LogP contribution is -2.56. The highest BCUT2D eigenvalue weighted by Crippen LogP contribution is 2.28. The van der Waals surface area contributed by atoms with Gasteiger partial charge in [0.1, 0.15) is 0 Å². The number of halogens is 1. The molecule has 2 aliphatic heterocycles. The third-order valence-corrected chi connectivity index (χ3v) is 5.00. The highest BCUT2D eigenvalue weighted by atomic mass is 35.5. The van der Waals surface area contributed by atoms with E-state index in [0.717, 1.165) is 24.2 Å². The Morgan fingerprint density at radius 2 is 2.15 bits per heavy atom. The Labute approximate surface area is 126 Å². The zero-order chi connectivity index (χ0) is 13.9. The molecule has 0 amide bonds. The van der Waals surface area contributed by atoms with Gasteiger partial charge in [-0.05, 0) is 37.1 Å². The van der Waals surface area contributed by atoms with Crippen molar-refractivity contribution in [3.63, 3.8) is 0 Å². The molecule has 1 aromatic rings. The SMILES string of the molecule is NCC(c1cccc(Cl)c1)N1CCN2CCCCC2C1. The van der Waals surface area contributed by atoms with E-state index in [1.165, 1.54) is 37.9 Å². The van der Waals surface area contributed by atoms with Crippen LogP contribution in [-0.4, -0.2) is 48.6 Å². The number of piperazine rings is 1. The summed E-state index contributed by atoms with van der Waals surface area (Å²) >= 11 is 6.13. The average Bonchev–Trinajstić information content (AvgIpc) is 2.48. The standard InChI is InChI=1S/C16H24ClN3/c17-14-5-3-4-13(10-14)16(11-18)20-9-8-19-7-2-1-6-15(19)12-20/h3-5,10,15-16H,1-2,6-9,11-12,18H2. The molecule has 110 valence electrons. The van der Waals surface area contributed by atoms with Crippen LogP contribution in [-0.2, 0) is 0 Å². The first-order valence-corrected chi connectivity index (χ1v) is 8.09. The third kappa shape index (κ3) is 3.01. The van der Waals surface area contributed by atoms with Crippen molar-refractivity contribution in [3.8, 4) is 0 Å². The zero-order valence-corrected chi connectivity index (χ0v) is 12.7. The van der Waals surface area contributed by atoms with Gasteiger partial charge >= 0.3 is 0 Å². The fourth-order valence-electron chi connectivity index (χ4n) is 3.67. The number of fused-ring (bicyclic) bond motifs is 1. The van der Waals surface area contributed by atoms with Gasteiger partial charge in [-0.3, -0.25) is 9.80 Å². The molecule has 3 nitrogen and oxygen atoms in total. The number of rotatable bonds is 3. The van der Waals surface area contributed by atoms with Crippen molar-refractivity contribution >= 4 is 11.6 Å². The first kappa shape index (κ1) is 14.3. The van der Waals surface area contributed by atoms with Gasteiger partial charge in [0.15, 0.2) is 0 Å². The van der Waals surface area contributed by atoms with Crippen LogP contribution in [0, 0.1) is 0 Å². The maximum Gasteiger partial charge on any atom is 0.0472 e. The Balaban J connectivity index is 1.73. The molecule has 2 aliphatic rings. The van der Waals surface area contributed by atoms with Crippen LogP contribution in [0.4, 0.5) is 0 Å². The second-order valence-corrected chi connectivity index (χ2v) is 6.42. The monoisotopic (exact) mass is 293 g/mol. The van der Waals surface area contributed by atoms with Gasteiger partial charge in [0.25, 0.3) is 0 Å². The second-order valence-electron chi connectivity index (χ2n) is 5.99. The second kappa shape index (κ2) is 6.44. The predicted molar refractivity (Wildman–Crippen MR) is 84.0 cm³/mol. The Kier molecular flexibility index (Phi) is 4.61. The minimum Gasteiger partial charge on any atom is -0.329 e. The normalized spacial score (nSPS) is 26.2. The molecule has 0 radical (unpaired) electrons. The summed E-state index contributed by atoms with van der Waals surface area (Å²) in [4.78, 5) is 5.21. The van der Waals surface area contributed by atoms with Gasteiger partial charge in [0.2, 0.25) is 0 Å². The Morgan fingerprint density at radius 3 is 2.95 bits per heavy atom. The van der Waals surface area contributed by atoms with Crippen molar-refractivity contribution < 1.29 is 0 Å². The van der Waals surface area contributed by atoms with Crippen LogP contribution in [0.2, 0.25) is 5.02 Å². The number of hydrogen-bond donors (Lipinski definition) is 1. The summed E-state index contributed by atoms with van der Waals surface area (Å²) < 4.78 is 0. The number of nitrogens with zero attached hydrogens (tertiary/aromatic N) is 2. The van der Waals surface area contributed by atoms with Gasteiger partial charge in [-0.2, -0.15) is 0 Å². The topological polar surface area (TPSA) is 32.5 Å². The lowest BCUT2D eigenvalue weighted by atomic mass is 9.97. The summed E-state index contributed by atoms with van der Waals surface area (Å²) in [5, 5.41) is 0.803. The fourth-order valence-corrected chi connectivity index (χ4v) is 3.87. The molecule has 2 fully saturated rings. The smallest absolute Gasteiger partial charge is 0.0472 e. The highest BCUT2D eigenvalue weighted by molar-refractivity contribution is 6.30. The summed E-state index contributed by atoms with van der Waals surface area (Å²) in [6, 6.07) is 9.20. The first-order valence-electron chi connectivity index (χ1n) is 7.71. The predicted octanol–water partition coefficient (Wildman–Crippen LogP) is 2.51. The maximum absolute atomic E-state index is 6.13. The van der Waals surface area contributed by atoms with Crippen LogP contribution < -0.4 is 5.73 Å². The molecule has 2 saturated heterocycles. The molecule has 20 heavy (non-hydrogen) atoms. The van der Waals surface area contributed by atoms with E-state index in [9.17, 15) is 0 Å². The van der Waals surface area contributed by atoms with Crippen LogP contribution in [0.3, 0.4) is 0 Å². The number of hydrogen-bond acceptors (Lipinski definition) is 3. The van der Waals surface area contributed by atoms with Gasteiger partial charge < -0.3 is 5.73 Å². The lowest BCUT2D eigenvalue weighted by molar-refractivity contribution is 0.0286. The van der Waals surface area contributed by atoms with Gasteiger partial charge in [-0.1, -0.05) is 30.2 Å². The van der Waals surface area contributed by atoms with Crippen molar-refractivity contribution in [2.75, 3.05) is 32.7 Å². The van der Waals surface area contributed by atoms with Gasteiger partial charge in [0, 0.05) is 43.3 Å². The molecular weight excluding hydrogens is 270 g/mol. The molecule has 1 aromatic carbocycles. The molecular formula is C16H24ClN3. The van der Waals surface area contributed by atoms with E-state index in [0.29, 0.717) is 12.6 Å². The van der Waals surface area contributed by atoms with Crippen molar-refractivity contribution in [2.45, 2.75) is 31.3 Å². The van der Waals surface area contributed by atoms with Gasteiger partial charge in [0.05, 0.1) is 0 Å². The van der Waals surface area contributed by atoms with Gasteiger partial charge in [-0.15, -0.1) is 0 Å². The number of benzene rings is 1. The molecule has 2 heterocycles. The van der Waals surface area contributed by atoms with Crippen LogP contribution in [0.15, 0.2) is 24.3 Å². The Morgan fingerprint density at radius 1 is 1.25 bits per heavy atom. The highest BCUT2D eigenvalue weighted by Gasteiger charge is 2.32. The molecule has 4 heteroatoms. The molecule has 2 atom stereocenters. The van der Waals surface area contributed by atoms with Crippen LogP contribution >= 0.6 is 11.6 Å². The van der Waals surface area contributed by atoms with E-state index >= 15 is 0 Å². The summed E-state index contributed by atoms with van der Waals surface area (Å²) in [6.07, 6.45) is 4.08. The van der Waals surface area contributed by atoms with Crippen LogP contribution in [0.1, 0.15) is 30.9 Å². The largest absolute Gasteiger partial charge is 0.329 e. The number of nitrogens with two attached hydrogens (primary N) is 1. The van der Waals surface area contributed by atoms with E-state index in [1.807, 2.05) is 12.1 Å². The summed E-state index contributed by atoms with van der Waals surface area (Å²) in [7, 11) is 0.